The third kappa shape index (κ3) is 9.53. The van der Waals surface area contributed by atoms with E-state index in [1.165, 1.54) is 0 Å². The molecule has 0 bridgehead atoms. The number of nitrogens with two attached hydrogens (primary N) is 1. The van der Waals surface area contributed by atoms with Gasteiger partial charge in [-0.05, 0) is 38.9 Å². The summed E-state index contributed by atoms with van der Waals surface area (Å²) in [6.07, 6.45) is 2.14. The van der Waals surface area contributed by atoms with Gasteiger partial charge >= 0.3 is 0 Å². The van der Waals surface area contributed by atoms with Crippen LogP contribution < -0.4 is 11.1 Å². The van der Waals surface area contributed by atoms with E-state index in [1.54, 1.807) is 7.11 Å². The summed E-state index contributed by atoms with van der Waals surface area (Å²) in [5, 5.41) is 3.59. The zero-order valence-electron chi connectivity index (χ0n) is 12.3. The Morgan fingerprint density at radius 2 is 2.00 bits per heavy atom. The Labute approximate surface area is 107 Å². The van der Waals surface area contributed by atoms with Crippen LogP contribution in [0.4, 0.5) is 0 Å². The highest BCUT2D eigenvalue weighted by Gasteiger charge is 2.20. The predicted molar refractivity (Wildman–Crippen MR) is 74.3 cm³/mol. The average molecular weight is 245 g/mol. The van der Waals surface area contributed by atoms with Crippen molar-refractivity contribution < 1.29 is 4.74 Å². The fourth-order valence-electron chi connectivity index (χ4n) is 2.14. The molecule has 0 aromatic heterocycles. The maximum absolute atomic E-state index is 5.55. The molecule has 0 aliphatic carbocycles. The highest BCUT2D eigenvalue weighted by Crippen LogP contribution is 2.15. The van der Waals surface area contributed by atoms with Crippen molar-refractivity contribution in [1.29, 1.82) is 0 Å². The first kappa shape index (κ1) is 16.8. The van der Waals surface area contributed by atoms with Crippen LogP contribution in [0.15, 0.2) is 0 Å². The molecule has 3 N–H and O–H groups in total. The number of hydrogen-bond acceptors (Lipinski definition) is 4. The molecule has 0 rings (SSSR count). The number of methoxy groups -OCH3 is 1. The van der Waals surface area contributed by atoms with E-state index in [0.29, 0.717) is 6.04 Å². The number of rotatable bonds is 10. The molecule has 0 spiro atoms. The van der Waals surface area contributed by atoms with E-state index in [9.17, 15) is 0 Å². The van der Waals surface area contributed by atoms with Crippen molar-refractivity contribution in [3.8, 4) is 0 Å². The normalized spacial score (nSPS) is 14.3. The Morgan fingerprint density at radius 3 is 2.47 bits per heavy atom. The minimum atomic E-state index is 0.276. The van der Waals surface area contributed by atoms with Crippen LogP contribution in [0.25, 0.3) is 0 Å². The summed E-state index contributed by atoms with van der Waals surface area (Å²) in [7, 11) is 5.98. The third-order valence-electron chi connectivity index (χ3n) is 2.74. The van der Waals surface area contributed by atoms with Crippen molar-refractivity contribution >= 4 is 0 Å². The van der Waals surface area contributed by atoms with Crippen LogP contribution >= 0.6 is 0 Å². The molecule has 4 heteroatoms. The van der Waals surface area contributed by atoms with Gasteiger partial charge in [-0.25, -0.2) is 0 Å². The van der Waals surface area contributed by atoms with Crippen LogP contribution in [0.3, 0.4) is 0 Å². The van der Waals surface area contributed by atoms with E-state index >= 15 is 0 Å². The van der Waals surface area contributed by atoms with Gasteiger partial charge in [0.1, 0.15) is 0 Å². The van der Waals surface area contributed by atoms with E-state index in [4.69, 9.17) is 10.5 Å². The molecule has 0 saturated carbocycles. The molecule has 4 nitrogen and oxygen atoms in total. The lowest BCUT2D eigenvalue weighted by atomic mass is 9.92. The lowest BCUT2D eigenvalue weighted by Gasteiger charge is -2.30. The largest absolute Gasteiger partial charge is 0.383 e. The molecule has 0 heterocycles. The van der Waals surface area contributed by atoms with Crippen molar-refractivity contribution in [1.82, 2.24) is 10.2 Å². The van der Waals surface area contributed by atoms with Crippen molar-refractivity contribution in [3.05, 3.63) is 0 Å². The van der Waals surface area contributed by atoms with Crippen LogP contribution in [0, 0.1) is 5.41 Å². The summed E-state index contributed by atoms with van der Waals surface area (Å²) >= 11 is 0. The first-order valence-corrected chi connectivity index (χ1v) is 6.48. The quantitative estimate of drug-likeness (QED) is 0.601. The molecule has 0 radical (unpaired) electrons. The maximum atomic E-state index is 5.55. The van der Waals surface area contributed by atoms with E-state index in [-0.39, 0.29) is 5.41 Å². The van der Waals surface area contributed by atoms with Crippen molar-refractivity contribution in [3.63, 3.8) is 0 Å². The fraction of sp³-hybridized carbons (Fsp3) is 1.00. The van der Waals surface area contributed by atoms with Gasteiger partial charge in [-0.3, -0.25) is 0 Å². The first-order valence-electron chi connectivity index (χ1n) is 6.48. The predicted octanol–water partition coefficient (Wildman–Crippen LogP) is 0.918. The second kappa shape index (κ2) is 8.86. The summed E-state index contributed by atoms with van der Waals surface area (Å²) in [6.45, 7) is 8.17. The second-order valence-corrected chi connectivity index (χ2v) is 5.87. The molecule has 17 heavy (non-hydrogen) atoms. The second-order valence-electron chi connectivity index (χ2n) is 5.87. The van der Waals surface area contributed by atoms with Gasteiger partial charge in [0.2, 0.25) is 0 Å². The molecule has 0 aromatic rings. The molecule has 0 aromatic carbocycles. The van der Waals surface area contributed by atoms with E-state index in [1.807, 2.05) is 0 Å². The zero-order valence-corrected chi connectivity index (χ0v) is 12.3. The number of nitrogens with one attached hydrogen (secondary N) is 1. The molecular weight excluding hydrogens is 214 g/mol. The van der Waals surface area contributed by atoms with Gasteiger partial charge in [-0.15, -0.1) is 0 Å². The topological polar surface area (TPSA) is 50.5 Å². The van der Waals surface area contributed by atoms with Crippen molar-refractivity contribution in [2.24, 2.45) is 11.1 Å². The minimum absolute atomic E-state index is 0.276. The van der Waals surface area contributed by atoms with Gasteiger partial charge in [-0.2, -0.15) is 0 Å². The highest BCUT2D eigenvalue weighted by molar-refractivity contribution is 4.77. The SMILES string of the molecule is COCC(CCCN)NCC(C)(C)CN(C)C. The molecule has 0 aliphatic heterocycles. The monoisotopic (exact) mass is 245 g/mol. The third-order valence-corrected chi connectivity index (χ3v) is 2.74. The van der Waals surface area contributed by atoms with Gasteiger partial charge in [0.05, 0.1) is 6.61 Å². The van der Waals surface area contributed by atoms with E-state index in [2.05, 4.69) is 38.2 Å². The lowest BCUT2D eigenvalue weighted by Crippen LogP contribution is -2.43. The Balaban J connectivity index is 4.00. The molecule has 1 atom stereocenters. The van der Waals surface area contributed by atoms with Crippen LogP contribution in [0.2, 0.25) is 0 Å². The van der Waals surface area contributed by atoms with Gasteiger partial charge < -0.3 is 20.7 Å². The van der Waals surface area contributed by atoms with Gasteiger partial charge in [0, 0.05) is 26.2 Å². The van der Waals surface area contributed by atoms with Crippen LogP contribution in [0.1, 0.15) is 26.7 Å². The van der Waals surface area contributed by atoms with Crippen LogP contribution in [-0.4, -0.2) is 58.4 Å². The number of hydrogen-bond donors (Lipinski definition) is 2. The van der Waals surface area contributed by atoms with Crippen LogP contribution in [0.5, 0.6) is 0 Å². The molecule has 0 saturated heterocycles. The standard InChI is InChI=1S/C13H31N3O/c1-13(2,11-16(3)4)10-15-12(9-17-5)7-6-8-14/h12,15H,6-11,14H2,1-5H3. The highest BCUT2D eigenvalue weighted by atomic mass is 16.5. The Bertz CT molecular complexity index is 184. The van der Waals surface area contributed by atoms with Gasteiger partial charge in [0.15, 0.2) is 0 Å². The molecular formula is C13H31N3O. The smallest absolute Gasteiger partial charge is 0.0615 e. The molecule has 0 amide bonds. The van der Waals surface area contributed by atoms with Crippen molar-refractivity contribution in [2.75, 3.05) is 47.4 Å². The Hall–Kier alpha value is -0.160. The molecule has 0 fully saturated rings. The van der Waals surface area contributed by atoms with Crippen LogP contribution in [-0.2, 0) is 4.74 Å². The van der Waals surface area contributed by atoms with E-state index in [0.717, 1.165) is 39.1 Å². The number of nitrogens with zero attached hydrogens (tertiary/aromatic N) is 1. The van der Waals surface area contributed by atoms with Gasteiger partial charge in [0.25, 0.3) is 0 Å². The number of ether oxygens (including phenoxy) is 1. The summed E-state index contributed by atoms with van der Waals surface area (Å²) in [6, 6.07) is 0.421. The summed E-state index contributed by atoms with van der Waals surface area (Å²) in [5.41, 5.74) is 5.82. The summed E-state index contributed by atoms with van der Waals surface area (Å²) < 4.78 is 5.23. The maximum Gasteiger partial charge on any atom is 0.0615 e. The van der Waals surface area contributed by atoms with E-state index < -0.39 is 0 Å². The summed E-state index contributed by atoms with van der Waals surface area (Å²) in [4.78, 5) is 2.23. The van der Waals surface area contributed by atoms with Gasteiger partial charge in [-0.1, -0.05) is 13.8 Å². The fourth-order valence-corrected chi connectivity index (χ4v) is 2.14. The Morgan fingerprint density at radius 1 is 1.35 bits per heavy atom. The average Bonchev–Trinajstić information content (AvgIpc) is 2.20. The minimum Gasteiger partial charge on any atom is -0.383 e. The first-order chi connectivity index (χ1) is 7.91. The molecule has 104 valence electrons. The Kier molecular flexibility index (Phi) is 8.78. The lowest BCUT2D eigenvalue weighted by molar-refractivity contribution is 0.148. The summed E-state index contributed by atoms with van der Waals surface area (Å²) in [5.74, 6) is 0. The zero-order chi connectivity index (χ0) is 13.3. The molecule has 1 unspecified atom stereocenters. The molecule has 0 aliphatic rings. The van der Waals surface area contributed by atoms with Crippen molar-refractivity contribution in [2.45, 2.75) is 32.7 Å².